The van der Waals surface area contributed by atoms with Gasteiger partial charge in [-0.05, 0) is 32.9 Å². The van der Waals surface area contributed by atoms with E-state index in [4.69, 9.17) is 11.6 Å². The number of halogens is 1. The Kier molecular flexibility index (Phi) is 3.57. The number of nitrogens with one attached hydrogen (secondary N) is 1. The molecule has 2 heterocycles. The number of carbonyl (C=O) groups is 1. The van der Waals surface area contributed by atoms with Crippen molar-refractivity contribution in [1.82, 2.24) is 14.8 Å². The van der Waals surface area contributed by atoms with Gasteiger partial charge in [-0.25, -0.2) is 0 Å². The molecule has 2 aromatic rings. The lowest BCUT2D eigenvalue weighted by molar-refractivity contribution is 0.102. The van der Waals surface area contributed by atoms with Crippen LogP contribution in [-0.2, 0) is 5.54 Å². The molecule has 0 aromatic carbocycles. The fourth-order valence-electron chi connectivity index (χ4n) is 1.48. The molecular weight excluding hydrogens is 264 g/mol. The van der Waals surface area contributed by atoms with Crippen LogP contribution < -0.4 is 5.32 Å². The van der Waals surface area contributed by atoms with Crippen molar-refractivity contribution in [1.29, 1.82) is 0 Å². The lowest BCUT2D eigenvalue weighted by Crippen LogP contribution is -2.22. The lowest BCUT2D eigenvalue weighted by atomic mass is 10.1. The molecule has 0 radical (unpaired) electrons. The summed E-state index contributed by atoms with van der Waals surface area (Å²) in [6, 6.07) is 3.14. The van der Waals surface area contributed by atoms with Crippen LogP contribution in [0.4, 0.5) is 5.69 Å². The number of aromatic nitrogens is 3. The molecule has 19 heavy (non-hydrogen) atoms. The summed E-state index contributed by atoms with van der Waals surface area (Å²) in [5, 5.41) is 7.42. The van der Waals surface area contributed by atoms with Crippen LogP contribution in [0, 0.1) is 0 Å². The fourth-order valence-corrected chi connectivity index (χ4v) is 1.64. The van der Waals surface area contributed by atoms with Gasteiger partial charge in [0.25, 0.3) is 5.91 Å². The molecule has 100 valence electrons. The van der Waals surface area contributed by atoms with E-state index in [1.165, 1.54) is 12.3 Å². The number of anilines is 1. The number of pyridine rings is 1. The third-order valence-corrected chi connectivity index (χ3v) is 2.72. The molecule has 0 spiro atoms. The summed E-state index contributed by atoms with van der Waals surface area (Å²) in [7, 11) is 0. The summed E-state index contributed by atoms with van der Waals surface area (Å²) in [5.74, 6) is -0.309. The molecule has 0 bridgehead atoms. The average Bonchev–Trinajstić information content (AvgIpc) is 2.77. The Labute approximate surface area is 116 Å². The Morgan fingerprint density at radius 2 is 2.16 bits per heavy atom. The second kappa shape index (κ2) is 5.01. The molecule has 5 nitrogen and oxygen atoms in total. The van der Waals surface area contributed by atoms with Crippen molar-refractivity contribution in [3.8, 4) is 0 Å². The fraction of sp³-hybridized carbons (Fsp3) is 0.308. The second-order valence-electron chi connectivity index (χ2n) is 5.16. The molecule has 2 rings (SSSR count). The number of rotatable bonds is 2. The van der Waals surface area contributed by atoms with E-state index in [0.717, 1.165) is 0 Å². The molecule has 6 heteroatoms. The first-order valence-corrected chi connectivity index (χ1v) is 6.22. The first kappa shape index (κ1) is 13.5. The molecule has 0 atom stereocenters. The molecule has 1 N–H and O–H groups in total. The highest BCUT2D eigenvalue weighted by Gasteiger charge is 2.15. The van der Waals surface area contributed by atoms with Gasteiger partial charge in [-0.1, -0.05) is 11.6 Å². The van der Waals surface area contributed by atoms with Crippen molar-refractivity contribution in [2.75, 3.05) is 5.32 Å². The van der Waals surface area contributed by atoms with Gasteiger partial charge in [-0.2, -0.15) is 5.10 Å². The number of hydrogen-bond acceptors (Lipinski definition) is 3. The predicted molar refractivity (Wildman–Crippen MR) is 74.4 cm³/mol. The highest BCUT2D eigenvalue weighted by molar-refractivity contribution is 6.30. The minimum absolute atomic E-state index is 0.128. The van der Waals surface area contributed by atoms with Crippen molar-refractivity contribution >= 4 is 23.2 Å². The van der Waals surface area contributed by atoms with Crippen LogP contribution in [0.2, 0.25) is 5.02 Å². The molecule has 1 amide bonds. The first-order chi connectivity index (χ1) is 8.86. The van der Waals surface area contributed by atoms with E-state index in [9.17, 15) is 4.79 Å². The van der Waals surface area contributed by atoms with Crippen molar-refractivity contribution < 1.29 is 4.79 Å². The quantitative estimate of drug-likeness (QED) is 0.919. The number of hydrogen-bond donors (Lipinski definition) is 1. The van der Waals surface area contributed by atoms with Gasteiger partial charge in [0.1, 0.15) is 5.69 Å². The van der Waals surface area contributed by atoms with Gasteiger partial charge in [-0.15, -0.1) is 0 Å². The summed E-state index contributed by atoms with van der Waals surface area (Å²) < 4.78 is 1.79. The largest absolute Gasteiger partial charge is 0.318 e. The molecule has 0 saturated carbocycles. The maximum atomic E-state index is 12.0. The van der Waals surface area contributed by atoms with Crippen molar-refractivity contribution in [2.45, 2.75) is 26.3 Å². The number of carbonyl (C=O) groups excluding carboxylic acids is 1. The molecule has 0 aliphatic heterocycles. The number of nitrogens with zero attached hydrogens (tertiary/aromatic N) is 3. The molecule has 0 unspecified atom stereocenters. The number of amides is 1. The maximum Gasteiger partial charge on any atom is 0.274 e. The molecule has 0 saturated heterocycles. The van der Waals surface area contributed by atoms with Gasteiger partial charge < -0.3 is 5.32 Å². The predicted octanol–water partition coefficient (Wildman–Crippen LogP) is 2.94. The molecule has 2 aromatic heterocycles. The molecule has 0 aliphatic carbocycles. The summed E-state index contributed by atoms with van der Waals surface area (Å²) >= 11 is 5.82. The monoisotopic (exact) mass is 278 g/mol. The summed E-state index contributed by atoms with van der Waals surface area (Å²) in [6.07, 6.45) is 4.88. The van der Waals surface area contributed by atoms with E-state index in [1.54, 1.807) is 23.1 Å². The van der Waals surface area contributed by atoms with Crippen molar-refractivity contribution in [3.63, 3.8) is 0 Å². The van der Waals surface area contributed by atoms with Gasteiger partial charge in [-0.3, -0.25) is 14.5 Å². The van der Waals surface area contributed by atoms with E-state index in [-0.39, 0.29) is 17.1 Å². The van der Waals surface area contributed by atoms with Crippen LogP contribution in [0.15, 0.2) is 30.7 Å². The highest BCUT2D eigenvalue weighted by atomic mass is 35.5. The van der Waals surface area contributed by atoms with E-state index in [1.807, 2.05) is 20.8 Å². The minimum Gasteiger partial charge on any atom is -0.318 e. The third kappa shape index (κ3) is 3.32. The van der Waals surface area contributed by atoms with Crippen LogP contribution in [0.5, 0.6) is 0 Å². The van der Waals surface area contributed by atoms with Gasteiger partial charge in [0, 0.05) is 17.4 Å². The average molecular weight is 279 g/mol. The van der Waals surface area contributed by atoms with Crippen LogP contribution in [-0.4, -0.2) is 20.7 Å². The zero-order valence-electron chi connectivity index (χ0n) is 11.0. The Hall–Kier alpha value is -1.88. The molecular formula is C13H15ClN4O. The first-order valence-electron chi connectivity index (χ1n) is 5.84. The van der Waals surface area contributed by atoms with E-state index in [0.29, 0.717) is 10.7 Å². The van der Waals surface area contributed by atoms with Crippen LogP contribution >= 0.6 is 11.6 Å². The normalized spacial score (nSPS) is 11.4. The van der Waals surface area contributed by atoms with E-state index >= 15 is 0 Å². The topological polar surface area (TPSA) is 59.8 Å². The second-order valence-corrected chi connectivity index (χ2v) is 5.59. The summed E-state index contributed by atoms with van der Waals surface area (Å²) in [4.78, 5) is 15.9. The standard InChI is InChI=1S/C13H15ClN4O/c1-13(2,3)18-8-10(7-16-18)17-12(19)11-6-9(14)4-5-15-11/h4-8H,1-3H3,(H,17,19). The Balaban J connectivity index is 2.13. The van der Waals surface area contributed by atoms with Gasteiger partial charge in [0.2, 0.25) is 0 Å². The molecule has 0 aliphatic rings. The van der Waals surface area contributed by atoms with E-state index in [2.05, 4.69) is 15.4 Å². The van der Waals surface area contributed by atoms with Crippen molar-refractivity contribution in [2.24, 2.45) is 0 Å². The smallest absolute Gasteiger partial charge is 0.274 e. The highest BCUT2D eigenvalue weighted by Crippen LogP contribution is 2.16. The van der Waals surface area contributed by atoms with Crippen molar-refractivity contribution in [3.05, 3.63) is 41.4 Å². The van der Waals surface area contributed by atoms with Crippen LogP contribution in [0.1, 0.15) is 31.3 Å². The molecule has 0 fully saturated rings. The zero-order valence-corrected chi connectivity index (χ0v) is 11.8. The summed E-state index contributed by atoms with van der Waals surface area (Å²) in [5.41, 5.74) is 0.773. The van der Waals surface area contributed by atoms with E-state index < -0.39 is 0 Å². The Bertz CT molecular complexity index is 601. The SMILES string of the molecule is CC(C)(C)n1cc(NC(=O)c2cc(Cl)ccn2)cn1. The minimum atomic E-state index is -0.309. The Morgan fingerprint density at radius 1 is 1.42 bits per heavy atom. The van der Waals surface area contributed by atoms with Crippen LogP contribution in [0.25, 0.3) is 0 Å². The zero-order chi connectivity index (χ0) is 14.0. The third-order valence-electron chi connectivity index (χ3n) is 2.48. The van der Waals surface area contributed by atoms with Gasteiger partial charge in [0.05, 0.1) is 17.4 Å². The Morgan fingerprint density at radius 3 is 2.74 bits per heavy atom. The van der Waals surface area contributed by atoms with Gasteiger partial charge >= 0.3 is 0 Å². The van der Waals surface area contributed by atoms with Gasteiger partial charge in [0.15, 0.2) is 0 Å². The maximum absolute atomic E-state index is 12.0. The lowest BCUT2D eigenvalue weighted by Gasteiger charge is -2.18. The summed E-state index contributed by atoms with van der Waals surface area (Å²) in [6.45, 7) is 6.10. The van der Waals surface area contributed by atoms with Crippen LogP contribution in [0.3, 0.4) is 0 Å².